The fourth-order valence-electron chi connectivity index (χ4n) is 3.22. The van der Waals surface area contributed by atoms with E-state index in [2.05, 4.69) is 15.6 Å². The van der Waals surface area contributed by atoms with E-state index in [1.165, 1.54) is 7.11 Å². The molecule has 0 unspecified atom stereocenters. The lowest BCUT2D eigenvalue weighted by atomic mass is 9.92. The molecule has 0 aromatic carbocycles. The smallest absolute Gasteiger partial charge is 0.360 e. The lowest BCUT2D eigenvalue weighted by Crippen LogP contribution is -2.30. The molecule has 0 amide bonds. The predicted octanol–water partition coefficient (Wildman–Crippen LogP) is 0.883. The first-order valence-corrected chi connectivity index (χ1v) is 7.63. The number of ether oxygens (including phenoxy) is 2. The van der Waals surface area contributed by atoms with Gasteiger partial charge in [-0.2, -0.15) is 0 Å². The molecule has 0 atom stereocenters. The van der Waals surface area contributed by atoms with Crippen molar-refractivity contribution in [2.45, 2.75) is 37.6 Å². The third kappa shape index (κ3) is 2.94. The Morgan fingerprint density at radius 2 is 2.00 bits per heavy atom. The van der Waals surface area contributed by atoms with Crippen LogP contribution in [-0.2, 0) is 9.47 Å². The number of nitrogens with zero attached hydrogens (tertiary/aromatic N) is 3. The molecule has 0 spiro atoms. The molecule has 2 fully saturated rings. The fourth-order valence-corrected chi connectivity index (χ4v) is 3.22. The van der Waals surface area contributed by atoms with Crippen LogP contribution in [0.25, 0.3) is 0 Å². The van der Waals surface area contributed by atoms with Gasteiger partial charge >= 0.3 is 5.97 Å². The summed E-state index contributed by atoms with van der Waals surface area (Å²) in [4.78, 5) is 12.0. The van der Waals surface area contributed by atoms with E-state index in [9.17, 15) is 4.79 Å². The normalized spacial score (nSPS) is 21.4. The maximum absolute atomic E-state index is 12.0. The van der Waals surface area contributed by atoms with Crippen molar-refractivity contribution in [1.29, 1.82) is 0 Å². The first kappa shape index (κ1) is 14.5. The van der Waals surface area contributed by atoms with Crippen LogP contribution >= 0.6 is 0 Å². The van der Waals surface area contributed by atoms with E-state index in [0.29, 0.717) is 11.6 Å². The van der Waals surface area contributed by atoms with Crippen molar-refractivity contribution in [2.24, 2.45) is 0 Å². The molecule has 116 valence electrons. The molecule has 1 N–H and O–H groups in total. The van der Waals surface area contributed by atoms with Crippen LogP contribution in [0.1, 0.15) is 53.8 Å². The molecule has 0 saturated carbocycles. The van der Waals surface area contributed by atoms with Crippen LogP contribution in [0, 0.1) is 0 Å². The van der Waals surface area contributed by atoms with Gasteiger partial charge in [0.2, 0.25) is 0 Å². The predicted molar refractivity (Wildman–Crippen MR) is 75.3 cm³/mol. The highest BCUT2D eigenvalue weighted by atomic mass is 16.5. The second-order valence-corrected chi connectivity index (χ2v) is 5.63. The van der Waals surface area contributed by atoms with Crippen LogP contribution < -0.4 is 5.32 Å². The van der Waals surface area contributed by atoms with Crippen molar-refractivity contribution in [3.05, 3.63) is 11.4 Å². The average molecular weight is 294 g/mol. The van der Waals surface area contributed by atoms with Gasteiger partial charge < -0.3 is 14.8 Å². The molecule has 2 aliphatic heterocycles. The molecule has 3 rings (SSSR count). The number of carbonyl (C=O) groups excluding carboxylic acids is 1. The molecule has 2 saturated heterocycles. The van der Waals surface area contributed by atoms with Crippen molar-refractivity contribution >= 4 is 5.97 Å². The van der Waals surface area contributed by atoms with E-state index in [-0.39, 0.29) is 12.0 Å². The topological polar surface area (TPSA) is 78.3 Å². The van der Waals surface area contributed by atoms with E-state index in [1.807, 2.05) is 4.68 Å². The van der Waals surface area contributed by atoms with Crippen molar-refractivity contribution in [3.63, 3.8) is 0 Å². The number of methoxy groups -OCH3 is 1. The van der Waals surface area contributed by atoms with Gasteiger partial charge in [-0.05, 0) is 38.8 Å². The minimum absolute atomic E-state index is 0.273. The van der Waals surface area contributed by atoms with Gasteiger partial charge in [-0.15, -0.1) is 5.10 Å². The number of carbonyl (C=O) groups is 1. The van der Waals surface area contributed by atoms with Gasteiger partial charge in [0.1, 0.15) is 0 Å². The van der Waals surface area contributed by atoms with Crippen LogP contribution in [0.5, 0.6) is 0 Å². The molecule has 7 heteroatoms. The van der Waals surface area contributed by atoms with Crippen molar-refractivity contribution in [3.8, 4) is 0 Å². The quantitative estimate of drug-likeness (QED) is 0.834. The van der Waals surface area contributed by atoms with Crippen LogP contribution in [0.3, 0.4) is 0 Å². The van der Waals surface area contributed by atoms with Crippen molar-refractivity contribution in [1.82, 2.24) is 20.3 Å². The number of hydrogen-bond donors (Lipinski definition) is 1. The minimum atomic E-state index is -0.387. The largest absolute Gasteiger partial charge is 0.464 e. The number of rotatable bonds is 3. The zero-order valence-corrected chi connectivity index (χ0v) is 12.4. The van der Waals surface area contributed by atoms with E-state index in [0.717, 1.165) is 57.7 Å². The number of piperidine rings is 1. The third-order valence-corrected chi connectivity index (χ3v) is 4.37. The average Bonchev–Trinajstić information content (AvgIpc) is 3.00. The van der Waals surface area contributed by atoms with Gasteiger partial charge in [-0.1, -0.05) is 5.21 Å². The lowest BCUT2D eigenvalue weighted by molar-refractivity contribution is 0.0589. The van der Waals surface area contributed by atoms with Gasteiger partial charge in [0.05, 0.1) is 18.8 Å². The Morgan fingerprint density at radius 3 is 2.67 bits per heavy atom. The molecule has 7 nitrogen and oxygen atoms in total. The highest BCUT2D eigenvalue weighted by Gasteiger charge is 2.31. The number of esters is 1. The van der Waals surface area contributed by atoms with E-state index < -0.39 is 0 Å². The molecule has 1 aromatic rings. The summed E-state index contributed by atoms with van der Waals surface area (Å²) in [6, 6.07) is 0.273. The van der Waals surface area contributed by atoms with Crippen LogP contribution in [0.2, 0.25) is 0 Å². The summed E-state index contributed by atoms with van der Waals surface area (Å²) in [6.07, 6.45) is 3.84. The van der Waals surface area contributed by atoms with Crippen LogP contribution in [0.15, 0.2) is 0 Å². The molecular formula is C14H22N4O3. The summed E-state index contributed by atoms with van der Waals surface area (Å²) < 4.78 is 12.3. The van der Waals surface area contributed by atoms with E-state index in [4.69, 9.17) is 9.47 Å². The summed E-state index contributed by atoms with van der Waals surface area (Å²) in [6.45, 7) is 3.40. The molecule has 0 bridgehead atoms. The second-order valence-electron chi connectivity index (χ2n) is 5.63. The van der Waals surface area contributed by atoms with Crippen LogP contribution in [0.4, 0.5) is 0 Å². The van der Waals surface area contributed by atoms with Gasteiger partial charge in [-0.3, -0.25) is 0 Å². The Hall–Kier alpha value is -1.47. The molecule has 0 radical (unpaired) electrons. The fraction of sp³-hybridized carbons (Fsp3) is 0.786. The zero-order chi connectivity index (χ0) is 14.7. The summed E-state index contributed by atoms with van der Waals surface area (Å²) in [5.41, 5.74) is 1.34. The first-order chi connectivity index (χ1) is 10.3. The van der Waals surface area contributed by atoms with E-state index in [1.54, 1.807) is 0 Å². The third-order valence-electron chi connectivity index (χ3n) is 4.37. The number of nitrogens with one attached hydrogen (secondary N) is 1. The van der Waals surface area contributed by atoms with E-state index >= 15 is 0 Å². The highest BCUT2D eigenvalue weighted by Crippen LogP contribution is 2.32. The Labute approximate surface area is 124 Å². The number of aromatic nitrogens is 3. The van der Waals surface area contributed by atoms with Gasteiger partial charge in [0.15, 0.2) is 5.69 Å². The SMILES string of the molecule is COC(=O)c1nnn(C2CCOCC2)c1C1CCNCC1. The highest BCUT2D eigenvalue weighted by molar-refractivity contribution is 5.88. The van der Waals surface area contributed by atoms with Gasteiger partial charge in [0, 0.05) is 19.1 Å². The maximum atomic E-state index is 12.0. The molecule has 2 aliphatic rings. The summed E-state index contributed by atoms with van der Waals surface area (Å²) in [5.74, 6) is -0.0694. The van der Waals surface area contributed by atoms with Gasteiger partial charge in [-0.25, -0.2) is 9.48 Å². The maximum Gasteiger partial charge on any atom is 0.360 e. The van der Waals surface area contributed by atoms with Crippen molar-refractivity contribution in [2.75, 3.05) is 33.4 Å². The Bertz CT molecular complexity index is 490. The monoisotopic (exact) mass is 294 g/mol. The van der Waals surface area contributed by atoms with Crippen molar-refractivity contribution < 1.29 is 14.3 Å². The molecule has 3 heterocycles. The standard InChI is InChI=1S/C14H22N4O3/c1-20-14(19)12-13(10-2-6-15-7-3-10)18(17-16-12)11-4-8-21-9-5-11/h10-11,15H,2-9H2,1H3. The Morgan fingerprint density at radius 1 is 1.29 bits per heavy atom. The lowest BCUT2D eigenvalue weighted by Gasteiger charge is -2.28. The zero-order valence-electron chi connectivity index (χ0n) is 12.4. The Kier molecular flexibility index (Phi) is 4.50. The minimum Gasteiger partial charge on any atom is -0.464 e. The second kappa shape index (κ2) is 6.53. The molecule has 0 aliphatic carbocycles. The summed E-state index contributed by atoms with van der Waals surface area (Å²) in [5, 5.41) is 11.7. The summed E-state index contributed by atoms with van der Waals surface area (Å²) in [7, 11) is 1.39. The summed E-state index contributed by atoms with van der Waals surface area (Å²) >= 11 is 0. The molecule has 1 aromatic heterocycles. The number of hydrogen-bond acceptors (Lipinski definition) is 6. The molecule has 21 heavy (non-hydrogen) atoms. The van der Waals surface area contributed by atoms with Gasteiger partial charge in [0.25, 0.3) is 0 Å². The first-order valence-electron chi connectivity index (χ1n) is 7.63. The van der Waals surface area contributed by atoms with Crippen LogP contribution in [-0.4, -0.2) is 54.4 Å². The molecular weight excluding hydrogens is 272 g/mol. The Balaban J connectivity index is 1.94.